The lowest BCUT2D eigenvalue weighted by Gasteiger charge is -2.15. The number of hydrogen-bond acceptors (Lipinski definition) is 3. The number of hydroxylamine groups is 1. The molecule has 2 rings (SSSR count). The van der Waals surface area contributed by atoms with Gasteiger partial charge in [0.15, 0.2) is 0 Å². The van der Waals surface area contributed by atoms with Crippen molar-refractivity contribution < 1.29 is 32.3 Å². The Morgan fingerprint density at radius 2 is 1.73 bits per heavy atom. The second-order valence-electron chi connectivity index (χ2n) is 4.37. The average molecular weight is 317 g/mol. The molecule has 0 saturated carbocycles. The second-order valence-corrected chi connectivity index (χ2v) is 4.37. The van der Waals surface area contributed by atoms with Crippen LogP contribution in [0.1, 0.15) is 6.42 Å². The molecule has 118 valence electrons. The Kier molecular flexibility index (Phi) is 4.81. The number of ether oxygens (including phenoxy) is 1. The number of rotatable bonds is 5. The van der Waals surface area contributed by atoms with Gasteiger partial charge in [0.05, 0.1) is 12.1 Å². The van der Waals surface area contributed by atoms with Crippen LogP contribution in [-0.4, -0.2) is 24.2 Å². The van der Waals surface area contributed by atoms with Crippen LogP contribution < -0.4 is 9.80 Å². The van der Waals surface area contributed by atoms with Gasteiger partial charge in [0, 0.05) is 0 Å². The summed E-state index contributed by atoms with van der Waals surface area (Å²) in [4.78, 5) is 11.4. The van der Waals surface area contributed by atoms with Crippen molar-refractivity contribution in [2.24, 2.45) is 0 Å². The Balaban J connectivity index is 2.25. The predicted octanol–water partition coefficient (Wildman–Crippen LogP) is 3.82. The summed E-state index contributed by atoms with van der Waals surface area (Å²) in [6, 6.07) is 8.21. The van der Waals surface area contributed by atoms with Crippen molar-refractivity contribution in [3.63, 3.8) is 0 Å². The van der Waals surface area contributed by atoms with E-state index in [1.54, 1.807) is 0 Å². The molecular weight excluding hydrogens is 306 g/mol. The van der Waals surface area contributed by atoms with Crippen LogP contribution in [0.3, 0.4) is 0 Å². The molecule has 1 amide bonds. The van der Waals surface area contributed by atoms with E-state index in [1.807, 2.05) is 0 Å². The fraction of sp³-hybridized carbons (Fsp3) is 0.214. The van der Waals surface area contributed by atoms with Crippen LogP contribution in [-0.2, 0) is 4.79 Å². The van der Waals surface area contributed by atoms with Crippen LogP contribution in [0.2, 0.25) is 0 Å². The van der Waals surface area contributed by atoms with Crippen LogP contribution in [0, 0.1) is 0 Å². The van der Waals surface area contributed by atoms with Crippen molar-refractivity contribution >= 4 is 22.4 Å². The minimum atomic E-state index is -2.95. The Hall–Kier alpha value is -2.35. The van der Waals surface area contributed by atoms with E-state index in [9.17, 15) is 27.6 Å². The first-order valence-corrected chi connectivity index (χ1v) is 6.15. The van der Waals surface area contributed by atoms with E-state index >= 15 is 0 Å². The molecule has 0 aliphatic rings. The molecule has 22 heavy (non-hydrogen) atoms. The normalized spacial score (nSPS) is 11.2. The number of carbonyl (C=O) groups excluding carboxylic acids is 1. The summed E-state index contributed by atoms with van der Waals surface area (Å²) in [6.07, 6.45) is -3.97. The van der Waals surface area contributed by atoms with Gasteiger partial charge in [-0.2, -0.15) is 13.8 Å². The number of alkyl halides is 4. The summed E-state index contributed by atoms with van der Waals surface area (Å²) < 4.78 is 52.8. The van der Waals surface area contributed by atoms with Crippen molar-refractivity contribution in [3.8, 4) is 5.75 Å². The van der Waals surface area contributed by atoms with Gasteiger partial charge in [-0.25, -0.2) is 8.78 Å². The van der Waals surface area contributed by atoms with E-state index in [-0.39, 0.29) is 16.5 Å². The van der Waals surface area contributed by atoms with Gasteiger partial charge >= 0.3 is 6.61 Å². The molecule has 4 nitrogen and oxygen atoms in total. The Bertz CT molecular complexity index is 678. The lowest BCUT2D eigenvalue weighted by Crippen LogP contribution is -2.28. The fourth-order valence-corrected chi connectivity index (χ4v) is 1.88. The first kappa shape index (κ1) is 16.0. The monoisotopic (exact) mass is 317 g/mol. The highest BCUT2D eigenvalue weighted by Crippen LogP contribution is 2.26. The van der Waals surface area contributed by atoms with Gasteiger partial charge < -0.3 is 4.74 Å². The van der Waals surface area contributed by atoms with Crippen LogP contribution in [0.25, 0.3) is 10.8 Å². The molecule has 0 fully saturated rings. The zero-order chi connectivity index (χ0) is 16.3. The molecule has 0 aromatic heterocycles. The predicted molar refractivity (Wildman–Crippen MR) is 70.5 cm³/mol. The van der Waals surface area contributed by atoms with E-state index < -0.39 is 25.4 Å². The molecule has 0 bridgehead atoms. The molecule has 0 spiro atoms. The van der Waals surface area contributed by atoms with Gasteiger partial charge in [0.1, 0.15) is 5.75 Å². The standard InChI is InChI=1S/C14H11F4NO3/c15-12(16)7-13(20)19(21)10-3-1-9-6-11(22-14(17)18)4-2-8(9)5-10/h1-6,12,14,21H,7H2. The van der Waals surface area contributed by atoms with Crippen molar-refractivity contribution in [1.29, 1.82) is 0 Å². The molecule has 0 radical (unpaired) electrons. The van der Waals surface area contributed by atoms with Crippen LogP contribution in [0.15, 0.2) is 36.4 Å². The number of nitrogens with zero attached hydrogens (tertiary/aromatic N) is 1. The van der Waals surface area contributed by atoms with Gasteiger partial charge in [-0.1, -0.05) is 12.1 Å². The summed E-state index contributed by atoms with van der Waals surface area (Å²) in [5.41, 5.74) is 0.000628. The lowest BCUT2D eigenvalue weighted by atomic mass is 10.1. The van der Waals surface area contributed by atoms with Crippen molar-refractivity contribution in [3.05, 3.63) is 36.4 Å². The molecule has 0 heterocycles. The van der Waals surface area contributed by atoms with Crippen molar-refractivity contribution in [2.45, 2.75) is 19.5 Å². The summed E-state index contributed by atoms with van der Waals surface area (Å²) in [5.74, 6) is -1.18. The number of amides is 1. The summed E-state index contributed by atoms with van der Waals surface area (Å²) >= 11 is 0. The molecule has 1 N–H and O–H groups in total. The van der Waals surface area contributed by atoms with Crippen LogP contribution in [0.5, 0.6) is 5.75 Å². The zero-order valence-electron chi connectivity index (χ0n) is 11.0. The SMILES string of the molecule is O=C(CC(F)F)N(O)c1ccc2cc(OC(F)F)ccc2c1. The summed E-state index contributed by atoms with van der Waals surface area (Å²) in [5, 5.41) is 10.8. The molecule has 0 unspecified atom stereocenters. The molecule has 2 aromatic rings. The third-order valence-electron chi connectivity index (χ3n) is 2.83. The van der Waals surface area contributed by atoms with Gasteiger partial charge in [-0.3, -0.25) is 10.0 Å². The smallest absolute Gasteiger partial charge is 0.387 e. The minimum Gasteiger partial charge on any atom is -0.435 e. The summed E-state index contributed by atoms with van der Waals surface area (Å²) in [6.45, 7) is -2.95. The zero-order valence-corrected chi connectivity index (χ0v) is 11.0. The Morgan fingerprint density at radius 1 is 1.09 bits per heavy atom. The highest BCUT2D eigenvalue weighted by molar-refractivity contribution is 5.95. The number of anilines is 1. The molecule has 0 aliphatic heterocycles. The maximum atomic E-state index is 12.1. The molecule has 0 atom stereocenters. The maximum Gasteiger partial charge on any atom is 0.387 e. The van der Waals surface area contributed by atoms with Crippen LogP contribution >= 0.6 is 0 Å². The topological polar surface area (TPSA) is 49.8 Å². The van der Waals surface area contributed by atoms with E-state index in [0.29, 0.717) is 10.8 Å². The molecule has 2 aromatic carbocycles. The third kappa shape index (κ3) is 3.85. The number of carbonyl (C=O) groups is 1. The lowest BCUT2D eigenvalue weighted by molar-refractivity contribution is -0.126. The molecular formula is C14H11F4NO3. The van der Waals surface area contributed by atoms with Crippen molar-refractivity contribution in [1.82, 2.24) is 0 Å². The molecule has 8 heteroatoms. The quantitative estimate of drug-likeness (QED) is 0.518. The number of benzene rings is 2. The fourth-order valence-electron chi connectivity index (χ4n) is 1.88. The maximum absolute atomic E-state index is 12.1. The second kappa shape index (κ2) is 6.61. The van der Waals surface area contributed by atoms with E-state index in [0.717, 1.165) is 0 Å². The van der Waals surface area contributed by atoms with Gasteiger partial charge in [-0.15, -0.1) is 0 Å². The van der Waals surface area contributed by atoms with E-state index in [2.05, 4.69) is 4.74 Å². The number of halogens is 4. The number of hydrogen-bond donors (Lipinski definition) is 1. The first-order valence-electron chi connectivity index (χ1n) is 6.15. The molecule has 0 saturated heterocycles. The Morgan fingerprint density at radius 3 is 2.36 bits per heavy atom. The van der Waals surface area contributed by atoms with E-state index in [4.69, 9.17) is 0 Å². The highest BCUT2D eigenvalue weighted by atomic mass is 19.3. The number of fused-ring (bicyclic) bond motifs is 1. The largest absolute Gasteiger partial charge is 0.435 e. The highest BCUT2D eigenvalue weighted by Gasteiger charge is 2.18. The average Bonchev–Trinajstić information content (AvgIpc) is 2.44. The first-order chi connectivity index (χ1) is 10.4. The molecule has 0 aliphatic carbocycles. The van der Waals surface area contributed by atoms with E-state index in [1.165, 1.54) is 36.4 Å². The minimum absolute atomic E-state index is 0.000628. The van der Waals surface area contributed by atoms with Gasteiger partial charge in [0.2, 0.25) is 6.43 Å². The third-order valence-corrected chi connectivity index (χ3v) is 2.83. The summed E-state index contributed by atoms with van der Waals surface area (Å²) in [7, 11) is 0. The van der Waals surface area contributed by atoms with Gasteiger partial charge in [0.25, 0.3) is 5.91 Å². The Labute approximate surface area is 122 Å². The van der Waals surface area contributed by atoms with Gasteiger partial charge in [-0.05, 0) is 35.0 Å². The van der Waals surface area contributed by atoms with Crippen molar-refractivity contribution in [2.75, 3.05) is 5.06 Å². The van der Waals surface area contributed by atoms with Crippen LogP contribution in [0.4, 0.5) is 23.2 Å².